The molecule has 4 N–H and O–H groups in total. The highest BCUT2D eigenvalue weighted by Crippen LogP contribution is 2.18. The Hall–Kier alpha value is -1.90. The van der Waals surface area contributed by atoms with Crippen molar-refractivity contribution in [1.29, 1.82) is 0 Å². The highest BCUT2D eigenvalue weighted by Gasteiger charge is 2.14. The Bertz CT molecular complexity index is 727. The Labute approximate surface area is 133 Å². The van der Waals surface area contributed by atoms with Crippen LogP contribution >= 0.6 is 11.3 Å². The molecule has 0 atom stereocenters. The summed E-state index contributed by atoms with van der Waals surface area (Å²) in [7, 11) is -3.75. The lowest BCUT2D eigenvalue weighted by atomic mass is 10.3. The summed E-state index contributed by atoms with van der Waals surface area (Å²) in [4.78, 5) is 11.9. The molecule has 0 bridgehead atoms. The third kappa shape index (κ3) is 4.83. The fourth-order valence-electron chi connectivity index (χ4n) is 1.77. The van der Waals surface area contributed by atoms with E-state index >= 15 is 0 Å². The van der Waals surface area contributed by atoms with Crippen LogP contribution in [0.3, 0.4) is 0 Å². The van der Waals surface area contributed by atoms with E-state index in [2.05, 4.69) is 10.6 Å². The van der Waals surface area contributed by atoms with Gasteiger partial charge >= 0.3 is 0 Å². The van der Waals surface area contributed by atoms with Gasteiger partial charge in [-0.2, -0.15) is 0 Å². The standard InChI is InChI=1S/C14H17N3O3S2/c15-22(19,20)13-9-11(10-21-13)14(18)17-8-4-7-16-12-5-2-1-3-6-12/h1-3,5-6,9-10,16H,4,7-8H2,(H,17,18)(H2,15,19,20). The van der Waals surface area contributed by atoms with Gasteiger partial charge in [-0.25, -0.2) is 13.6 Å². The van der Waals surface area contributed by atoms with Crippen molar-refractivity contribution >= 4 is 33.0 Å². The number of primary sulfonamides is 1. The van der Waals surface area contributed by atoms with Crippen LogP contribution in [0.5, 0.6) is 0 Å². The summed E-state index contributed by atoms with van der Waals surface area (Å²) in [6.45, 7) is 1.23. The quantitative estimate of drug-likeness (QED) is 0.667. The summed E-state index contributed by atoms with van der Waals surface area (Å²) in [6, 6.07) is 11.1. The van der Waals surface area contributed by atoms with Crippen LogP contribution in [0.25, 0.3) is 0 Å². The maximum Gasteiger partial charge on any atom is 0.252 e. The zero-order valence-electron chi connectivity index (χ0n) is 11.8. The van der Waals surface area contributed by atoms with Crippen LogP contribution in [0.1, 0.15) is 16.8 Å². The van der Waals surface area contributed by atoms with Crippen molar-refractivity contribution in [3.05, 3.63) is 47.3 Å². The first kappa shape index (κ1) is 16.5. The summed E-state index contributed by atoms with van der Waals surface area (Å²) in [6.07, 6.45) is 0.757. The molecule has 0 saturated carbocycles. The van der Waals surface area contributed by atoms with E-state index in [4.69, 9.17) is 5.14 Å². The van der Waals surface area contributed by atoms with Gasteiger partial charge in [0, 0.05) is 24.2 Å². The minimum atomic E-state index is -3.75. The molecule has 1 amide bonds. The van der Waals surface area contributed by atoms with E-state index in [1.54, 1.807) is 0 Å². The van der Waals surface area contributed by atoms with Crippen molar-refractivity contribution in [2.24, 2.45) is 5.14 Å². The molecule has 8 heteroatoms. The molecule has 2 aromatic rings. The molecule has 0 aliphatic heterocycles. The molecular weight excluding hydrogens is 322 g/mol. The number of hydrogen-bond acceptors (Lipinski definition) is 5. The van der Waals surface area contributed by atoms with Crippen molar-refractivity contribution in [3.63, 3.8) is 0 Å². The van der Waals surface area contributed by atoms with Gasteiger partial charge in [-0.05, 0) is 24.6 Å². The fourth-order valence-corrected chi connectivity index (χ4v) is 3.35. The molecule has 1 aromatic carbocycles. The summed E-state index contributed by atoms with van der Waals surface area (Å²) in [5, 5.41) is 12.5. The number of sulfonamides is 1. The van der Waals surface area contributed by atoms with Gasteiger partial charge in [0.25, 0.3) is 5.91 Å². The average Bonchev–Trinajstić information content (AvgIpc) is 2.98. The highest BCUT2D eigenvalue weighted by atomic mass is 32.2. The molecule has 6 nitrogen and oxygen atoms in total. The second kappa shape index (κ2) is 7.39. The van der Waals surface area contributed by atoms with E-state index in [1.165, 1.54) is 11.4 Å². The molecule has 0 fully saturated rings. The monoisotopic (exact) mass is 339 g/mol. The predicted molar refractivity (Wildman–Crippen MR) is 87.6 cm³/mol. The molecule has 22 heavy (non-hydrogen) atoms. The number of anilines is 1. The summed E-state index contributed by atoms with van der Waals surface area (Å²) in [5.74, 6) is -0.300. The van der Waals surface area contributed by atoms with Crippen molar-refractivity contribution in [1.82, 2.24) is 5.32 Å². The van der Waals surface area contributed by atoms with Crippen LogP contribution < -0.4 is 15.8 Å². The first-order chi connectivity index (χ1) is 10.5. The van der Waals surface area contributed by atoms with Gasteiger partial charge in [0.05, 0.1) is 5.56 Å². The van der Waals surface area contributed by atoms with E-state index in [1.807, 2.05) is 30.3 Å². The van der Waals surface area contributed by atoms with E-state index in [-0.39, 0.29) is 10.1 Å². The van der Waals surface area contributed by atoms with E-state index in [0.717, 1.165) is 30.0 Å². The highest BCUT2D eigenvalue weighted by molar-refractivity contribution is 7.91. The van der Waals surface area contributed by atoms with Crippen LogP contribution in [0.2, 0.25) is 0 Å². The summed E-state index contributed by atoms with van der Waals surface area (Å²) < 4.78 is 22.3. The number of benzene rings is 1. The first-order valence-corrected chi connectivity index (χ1v) is 9.08. The van der Waals surface area contributed by atoms with Gasteiger partial charge in [-0.15, -0.1) is 11.3 Å². The number of nitrogens with one attached hydrogen (secondary N) is 2. The molecule has 118 valence electrons. The molecule has 1 heterocycles. The molecule has 0 saturated heterocycles. The summed E-state index contributed by atoms with van der Waals surface area (Å²) in [5.41, 5.74) is 1.34. The van der Waals surface area contributed by atoms with Crippen molar-refractivity contribution in [3.8, 4) is 0 Å². The van der Waals surface area contributed by atoms with Gasteiger partial charge < -0.3 is 10.6 Å². The number of amides is 1. The van der Waals surface area contributed by atoms with Gasteiger partial charge in [0.1, 0.15) is 4.21 Å². The number of carbonyl (C=O) groups excluding carboxylic acids is 1. The summed E-state index contributed by atoms with van der Waals surface area (Å²) >= 11 is 0.940. The average molecular weight is 339 g/mol. The van der Waals surface area contributed by atoms with Crippen LogP contribution in [0, 0.1) is 0 Å². The Morgan fingerprint density at radius 3 is 2.55 bits per heavy atom. The lowest BCUT2D eigenvalue weighted by Crippen LogP contribution is -2.25. The zero-order chi connectivity index (χ0) is 16.0. The number of rotatable bonds is 7. The van der Waals surface area contributed by atoms with Gasteiger partial charge in [-0.3, -0.25) is 4.79 Å². The molecule has 0 aliphatic rings. The van der Waals surface area contributed by atoms with Crippen LogP contribution in [-0.4, -0.2) is 27.4 Å². The smallest absolute Gasteiger partial charge is 0.252 e. The first-order valence-electron chi connectivity index (χ1n) is 6.65. The molecule has 0 spiro atoms. The van der Waals surface area contributed by atoms with E-state index in [0.29, 0.717) is 12.1 Å². The Balaban J connectivity index is 1.73. The van der Waals surface area contributed by atoms with Crippen molar-refractivity contribution in [2.45, 2.75) is 10.6 Å². The van der Waals surface area contributed by atoms with E-state index in [9.17, 15) is 13.2 Å². The Kier molecular flexibility index (Phi) is 5.53. The van der Waals surface area contributed by atoms with Crippen molar-refractivity contribution < 1.29 is 13.2 Å². The van der Waals surface area contributed by atoms with Gasteiger partial charge in [0.15, 0.2) is 0 Å². The third-order valence-electron chi connectivity index (χ3n) is 2.86. The van der Waals surface area contributed by atoms with Crippen LogP contribution in [-0.2, 0) is 10.0 Å². The van der Waals surface area contributed by atoms with Gasteiger partial charge in [-0.1, -0.05) is 18.2 Å². The fraction of sp³-hybridized carbons (Fsp3) is 0.214. The largest absolute Gasteiger partial charge is 0.385 e. The Morgan fingerprint density at radius 2 is 1.91 bits per heavy atom. The topological polar surface area (TPSA) is 101 Å². The maximum absolute atomic E-state index is 11.9. The second-order valence-corrected chi connectivity index (χ2v) is 7.30. The van der Waals surface area contributed by atoms with Crippen molar-refractivity contribution in [2.75, 3.05) is 18.4 Å². The minimum Gasteiger partial charge on any atom is -0.385 e. The Morgan fingerprint density at radius 1 is 1.18 bits per heavy atom. The predicted octanol–water partition coefficient (Wildman–Crippen LogP) is 1.63. The SMILES string of the molecule is NS(=O)(=O)c1cc(C(=O)NCCCNc2ccccc2)cs1. The van der Waals surface area contributed by atoms with Crippen LogP contribution in [0.4, 0.5) is 5.69 Å². The molecule has 0 aliphatic carbocycles. The molecule has 0 unspecified atom stereocenters. The number of para-hydroxylation sites is 1. The minimum absolute atomic E-state index is 0.0107. The third-order valence-corrected chi connectivity index (χ3v) is 5.25. The number of nitrogens with two attached hydrogens (primary N) is 1. The number of hydrogen-bond donors (Lipinski definition) is 3. The molecular formula is C14H17N3O3S2. The second-order valence-electron chi connectivity index (χ2n) is 4.60. The molecule has 0 radical (unpaired) electrons. The zero-order valence-corrected chi connectivity index (χ0v) is 13.4. The van der Waals surface area contributed by atoms with E-state index < -0.39 is 10.0 Å². The molecule has 1 aromatic heterocycles. The number of thiophene rings is 1. The number of carbonyl (C=O) groups is 1. The van der Waals surface area contributed by atoms with Crippen LogP contribution in [0.15, 0.2) is 46.0 Å². The lowest BCUT2D eigenvalue weighted by Gasteiger charge is -2.06. The van der Waals surface area contributed by atoms with Gasteiger partial charge in [0.2, 0.25) is 10.0 Å². The lowest BCUT2D eigenvalue weighted by molar-refractivity contribution is 0.0954. The normalized spacial score (nSPS) is 11.1. The molecule has 2 rings (SSSR count). The maximum atomic E-state index is 11.9.